The van der Waals surface area contributed by atoms with Gasteiger partial charge in [-0.3, -0.25) is 0 Å². The van der Waals surface area contributed by atoms with Gasteiger partial charge in [-0.05, 0) is 37.3 Å². The van der Waals surface area contributed by atoms with Crippen molar-refractivity contribution >= 4 is 5.97 Å². The molecular formula is C24H32NO3+. The molecule has 3 rings (SSSR count). The summed E-state index contributed by atoms with van der Waals surface area (Å²) in [5, 5.41) is 0. The standard InChI is InChI=1S/C24H32NO3/c1-2-27-23(26)20-25(16-10-5-11-17-25)18-19-28-24(21-12-6-3-7-13-21)22-14-8-4-9-15-22/h3-4,6-9,12-15,24H,2,5,10-11,16-20H2,1H3/q+1. The van der Waals surface area contributed by atoms with Crippen molar-refractivity contribution in [1.29, 1.82) is 0 Å². The lowest BCUT2D eigenvalue weighted by Gasteiger charge is -2.40. The van der Waals surface area contributed by atoms with E-state index in [1.807, 2.05) is 43.3 Å². The number of rotatable bonds is 9. The van der Waals surface area contributed by atoms with Gasteiger partial charge in [0, 0.05) is 0 Å². The number of piperidine rings is 1. The number of benzene rings is 2. The second-order valence-corrected chi connectivity index (χ2v) is 7.61. The van der Waals surface area contributed by atoms with Crippen molar-refractivity contribution in [2.45, 2.75) is 32.3 Å². The van der Waals surface area contributed by atoms with Crippen LogP contribution >= 0.6 is 0 Å². The molecule has 2 aromatic rings. The van der Waals surface area contributed by atoms with E-state index in [2.05, 4.69) is 24.3 Å². The number of quaternary nitrogens is 1. The Balaban J connectivity index is 1.68. The van der Waals surface area contributed by atoms with Crippen LogP contribution in [-0.2, 0) is 14.3 Å². The van der Waals surface area contributed by atoms with Gasteiger partial charge < -0.3 is 14.0 Å². The molecule has 1 saturated heterocycles. The first-order valence-corrected chi connectivity index (χ1v) is 10.4. The van der Waals surface area contributed by atoms with Gasteiger partial charge in [-0.2, -0.15) is 0 Å². The minimum Gasteiger partial charge on any atom is -0.462 e. The Labute approximate surface area is 168 Å². The highest BCUT2D eigenvalue weighted by molar-refractivity contribution is 5.70. The molecule has 1 fully saturated rings. The zero-order valence-electron chi connectivity index (χ0n) is 16.9. The lowest BCUT2D eigenvalue weighted by Crippen LogP contribution is -2.56. The Morgan fingerprint density at radius 3 is 2.04 bits per heavy atom. The van der Waals surface area contributed by atoms with Gasteiger partial charge in [0.15, 0.2) is 6.54 Å². The van der Waals surface area contributed by atoms with Crippen LogP contribution in [0, 0.1) is 0 Å². The second-order valence-electron chi connectivity index (χ2n) is 7.61. The number of hydrogen-bond acceptors (Lipinski definition) is 3. The molecule has 0 aromatic heterocycles. The summed E-state index contributed by atoms with van der Waals surface area (Å²) in [5.74, 6) is -0.0907. The van der Waals surface area contributed by atoms with Crippen LogP contribution in [0.2, 0.25) is 0 Å². The molecule has 1 aliphatic heterocycles. The topological polar surface area (TPSA) is 35.5 Å². The fraction of sp³-hybridized carbons (Fsp3) is 0.458. The number of hydrogen-bond donors (Lipinski definition) is 0. The lowest BCUT2D eigenvalue weighted by atomic mass is 10.0. The van der Waals surface area contributed by atoms with Gasteiger partial charge >= 0.3 is 5.97 Å². The zero-order chi connectivity index (χ0) is 19.7. The molecule has 150 valence electrons. The van der Waals surface area contributed by atoms with Gasteiger partial charge in [-0.1, -0.05) is 60.7 Å². The first-order valence-electron chi connectivity index (χ1n) is 10.4. The number of esters is 1. The van der Waals surface area contributed by atoms with Crippen molar-refractivity contribution in [2.24, 2.45) is 0 Å². The predicted molar refractivity (Wildman–Crippen MR) is 111 cm³/mol. The van der Waals surface area contributed by atoms with Crippen LogP contribution in [0.5, 0.6) is 0 Å². The van der Waals surface area contributed by atoms with E-state index in [0.717, 1.165) is 35.2 Å². The SMILES string of the molecule is CCOC(=O)C[N+]1(CCOC(c2ccccc2)c2ccccc2)CCCCC1. The first-order chi connectivity index (χ1) is 13.7. The van der Waals surface area contributed by atoms with Crippen molar-refractivity contribution in [3.8, 4) is 0 Å². The van der Waals surface area contributed by atoms with Crippen LogP contribution in [0.15, 0.2) is 60.7 Å². The third kappa shape index (κ3) is 5.66. The van der Waals surface area contributed by atoms with Crippen molar-refractivity contribution in [3.05, 3.63) is 71.8 Å². The summed E-state index contributed by atoms with van der Waals surface area (Å²) >= 11 is 0. The smallest absolute Gasteiger partial charge is 0.361 e. The van der Waals surface area contributed by atoms with Crippen LogP contribution in [-0.4, -0.2) is 49.8 Å². The minimum atomic E-state index is -0.0907. The highest BCUT2D eigenvalue weighted by Gasteiger charge is 2.33. The average molecular weight is 383 g/mol. The molecule has 2 aromatic carbocycles. The van der Waals surface area contributed by atoms with E-state index in [4.69, 9.17) is 9.47 Å². The molecule has 0 bridgehead atoms. The van der Waals surface area contributed by atoms with Gasteiger partial charge in [0.05, 0.1) is 26.3 Å². The van der Waals surface area contributed by atoms with E-state index in [9.17, 15) is 4.79 Å². The number of likely N-dealkylation sites (tertiary alicyclic amines) is 1. The van der Waals surface area contributed by atoms with Crippen LogP contribution < -0.4 is 0 Å². The van der Waals surface area contributed by atoms with Crippen molar-refractivity contribution in [1.82, 2.24) is 0 Å². The van der Waals surface area contributed by atoms with E-state index in [1.165, 1.54) is 19.3 Å². The average Bonchev–Trinajstić information content (AvgIpc) is 2.73. The zero-order valence-corrected chi connectivity index (χ0v) is 16.9. The molecular weight excluding hydrogens is 350 g/mol. The van der Waals surface area contributed by atoms with Crippen LogP contribution in [0.1, 0.15) is 43.4 Å². The molecule has 0 radical (unpaired) electrons. The van der Waals surface area contributed by atoms with Gasteiger partial charge in [0.1, 0.15) is 12.6 Å². The Kier molecular flexibility index (Phi) is 7.63. The van der Waals surface area contributed by atoms with Crippen molar-refractivity contribution in [2.75, 3.05) is 39.4 Å². The molecule has 0 amide bonds. The van der Waals surface area contributed by atoms with Crippen LogP contribution in [0.3, 0.4) is 0 Å². The molecule has 28 heavy (non-hydrogen) atoms. The quantitative estimate of drug-likeness (QED) is 0.478. The minimum absolute atomic E-state index is 0.0881. The van der Waals surface area contributed by atoms with Crippen LogP contribution in [0.4, 0.5) is 0 Å². The first kappa shape index (κ1) is 20.6. The fourth-order valence-corrected chi connectivity index (χ4v) is 4.13. The molecule has 0 aliphatic carbocycles. The maximum Gasteiger partial charge on any atom is 0.361 e. The van der Waals surface area contributed by atoms with E-state index in [-0.39, 0.29) is 12.1 Å². The van der Waals surface area contributed by atoms with Gasteiger partial charge in [-0.25, -0.2) is 4.79 Å². The Morgan fingerprint density at radius 2 is 1.50 bits per heavy atom. The molecule has 0 unspecified atom stereocenters. The summed E-state index contributed by atoms with van der Waals surface area (Å²) in [4.78, 5) is 12.2. The normalized spacial score (nSPS) is 16.1. The molecule has 0 atom stereocenters. The second kappa shape index (κ2) is 10.4. The third-order valence-electron chi connectivity index (χ3n) is 5.59. The number of nitrogens with zero attached hydrogens (tertiary/aromatic N) is 1. The highest BCUT2D eigenvalue weighted by atomic mass is 16.5. The highest BCUT2D eigenvalue weighted by Crippen LogP contribution is 2.26. The molecule has 0 spiro atoms. The van der Waals surface area contributed by atoms with E-state index < -0.39 is 0 Å². The lowest BCUT2D eigenvalue weighted by molar-refractivity contribution is -0.926. The molecule has 0 saturated carbocycles. The van der Waals surface area contributed by atoms with Gasteiger partial charge in [-0.15, -0.1) is 0 Å². The van der Waals surface area contributed by atoms with Crippen molar-refractivity contribution < 1.29 is 18.8 Å². The number of carbonyl (C=O) groups excluding carboxylic acids is 1. The van der Waals surface area contributed by atoms with E-state index >= 15 is 0 Å². The Morgan fingerprint density at radius 1 is 0.929 bits per heavy atom. The maximum absolute atomic E-state index is 12.2. The molecule has 0 N–H and O–H groups in total. The monoisotopic (exact) mass is 382 g/mol. The molecule has 1 heterocycles. The Bertz CT molecular complexity index is 672. The predicted octanol–water partition coefficient (Wildman–Crippen LogP) is 4.36. The molecule has 4 nitrogen and oxygen atoms in total. The third-order valence-corrected chi connectivity index (χ3v) is 5.59. The number of ether oxygens (including phenoxy) is 2. The van der Waals surface area contributed by atoms with E-state index in [1.54, 1.807) is 0 Å². The van der Waals surface area contributed by atoms with Crippen molar-refractivity contribution in [3.63, 3.8) is 0 Å². The number of carbonyl (C=O) groups is 1. The summed E-state index contributed by atoms with van der Waals surface area (Å²) in [5.41, 5.74) is 2.31. The summed E-state index contributed by atoms with van der Waals surface area (Å²) in [6.07, 6.45) is 3.50. The van der Waals surface area contributed by atoms with Gasteiger partial charge in [0.2, 0.25) is 0 Å². The Hall–Kier alpha value is -2.17. The van der Waals surface area contributed by atoms with Gasteiger partial charge in [0.25, 0.3) is 0 Å². The summed E-state index contributed by atoms with van der Waals surface area (Å²) < 4.78 is 12.4. The fourth-order valence-electron chi connectivity index (χ4n) is 4.13. The largest absolute Gasteiger partial charge is 0.462 e. The van der Waals surface area contributed by atoms with Crippen LogP contribution in [0.25, 0.3) is 0 Å². The maximum atomic E-state index is 12.2. The van der Waals surface area contributed by atoms with E-state index in [0.29, 0.717) is 19.8 Å². The summed E-state index contributed by atoms with van der Waals surface area (Å²) in [6, 6.07) is 20.7. The summed E-state index contributed by atoms with van der Waals surface area (Å²) in [6.45, 7) is 6.29. The molecule has 4 heteroatoms. The molecule has 1 aliphatic rings. The summed E-state index contributed by atoms with van der Waals surface area (Å²) in [7, 11) is 0.